The molecule has 4 rings (SSSR count). The van der Waals surface area contributed by atoms with E-state index in [-0.39, 0.29) is 10.8 Å². The number of nitrogens with zero attached hydrogens (tertiary/aromatic N) is 1. The zero-order valence-electron chi connectivity index (χ0n) is 16.2. The number of hydrogen-bond acceptors (Lipinski definition) is 4. The summed E-state index contributed by atoms with van der Waals surface area (Å²) in [5.74, 6) is 0.950. The van der Waals surface area contributed by atoms with Gasteiger partial charge in [0.2, 0.25) is 0 Å². The van der Waals surface area contributed by atoms with E-state index in [4.69, 9.17) is 0 Å². The lowest BCUT2D eigenvalue weighted by Crippen LogP contribution is -2.26. The molecule has 2 aromatic rings. The molecule has 0 spiro atoms. The molecule has 2 aromatic carbocycles. The molecule has 152 valence electrons. The van der Waals surface area contributed by atoms with E-state index in [0.717, 1.165) is 12.3 Å². The van der Waals surface area contributed by atoms with E-state index >= 15 is 0 Å². The minimum atomic E-state index is -3.65. The largest absolute Gasteiger partial charge is 0.352 e. The first-order valence-corrected chi connectivity index (χ1v) is 11.6. The first kappa shape index (κ1) is 19.6. The third kappa shape index (κ3) is 4.50. The lowest BCUT2D eigenvalue weighted by molar-refractivity contribution is 0.0950. The number of sulfonamides is 1. The molecule has 1 amide bonds. The third-order valence-electron chi connectivity index (χ3n) is 5.60. The van der Waals surface area contributed by atoms with Gasteiger partial charge in [0.05, 0.1) is 0 Å². The van der Waals surface area contributed by atoms with Crippen molar-refractivity contribution >= 4 is 27.5 Å². The van der Waals surface area contributed by atoms with E-state index < -0.39 is 10.0 Å². The molecule has 0 aromatic heterocycles. The molecule has 0 bridgehead atoms. The molecular formula is C22H25N3O3S. The van der Waals surface area contributed by atoms with Crippen molar-refractivity contribution in [3.05, 3.63) is 59.7 Å². The lowest BCUT2D eigenvalue weighted by atomic mass is 9.87. The first-order valence-electron chi connectivity index (χ1n) is 10.1. The van der Waals surface area contributed by atoms with Crippen LogP contribution in [0.3, 0.4) is 0 Å². The number of fused-ring (bicyclic) bond motifs is 1. The van der Waals surface area contributed by atoms with Gasteiger partial charge >= 0.3 is 0 Å². The highest BCUT2D eigenvalue weighted by molar-refractivity contribution is 7.90. The number of carbonyl (C=O) groups excluding carboxylic acids is 1. The Labute approximate surface area is 171 Å². The predicted molar refractivity (Wildman–Crippen MR) is 114 cm³/mol. The topological polar surface area (TPSA) is 87.6 Å². The molecular weight excluding hydrogens is 386 g/mol. The van der Waals surface area contributed by atoms with Crippen LogP contribution in [-0.2, 0) is 10.0 Å². The molecule has 1 fully saturated rings. The third-order valence-corrected chi connectivity index (χ3v) is 6.94. The summed E-state index contributed by atoms with van der Waals surface area (Å²) in [6.07, 6.45) is 7.55. The number of carbonyl (C=O) groups is 1. The van der Waals surface area contributed by atoms with Crippen LogP contribution in [0, 0.1) is 5.92 Å². The Morgan fingerprint density at radius 1 is 1.00 bits per heavy atom. The summed E-state index contributed by atoms with van der Waals surface area (Å²) in [6, 6.07) is 13.7. The SMILES string of the molecule is O=C(NCCC1CCCCC1)c1ccc(NC2=NS(=O)(=O)c3ccccc32)cc1. The smallest absolute Gasteiger partial charge is 0.285 e. The highest BCUT2D eigenvalue weighted by Gasteiger charge is 2.28. The number of benzene rings is 2. The Kier molecular flexibility index (Phi) is 5.67. The maximum atomic E-state index is 12.4. The summed E-state index contributed by atoms with van der Waals surface area (Å²) in [4.78, 5) is 12.6. The van der Waals surface area contributed by atoms with Crippen LogP contribution < -0.4 is 10.6 Å². The Hall–Kier alpha value is -2.67. The fourth-order valence-electron chi connectivity index (χ4n) is 4.01. The average Bonchev–Trinajstić information content (AvgIpc) is 2.99. The fraction of sp³-hybridized carbons (Fsp3) is 0.364. The van der Waals surface area contributed by atoms with Crippen molar-refractivity contribution in [2.45, 2.75) is 43.4 Å². The molecule has 1 aliphatic carbocycles. The van der Waals surface area contributed by atoms with Gasteiger partial charge in [-0.2, -0.15) is 8.42 Å². The van der Waals surface area contributed by atoms with Crippen LogP contribution in [0.2, 0.25) is 0 Å². The van der Waals surface area contributed by atoms with Crippen LogP contribution in [0.15, 0.2) is 57.8 Å². The summed E-state index contributed by atoms with van der Waals surface area (Å²) in [5.41, 5.74) is 1.81. The standard InChI is InChI=1S/C22H25N3O3S/c26-22(23-15-14-16-6-2-1-3-7-16)17-10-12-18(13-11-17)24-21-19-8-4-5-9-20(19)29(27,28)25-21/h4-5,8-13,16H,1-3,6-7,14-15H2,(H,23,26)(H,24,25). The summed E-state index contributed by atoms with van der Waals surface area (Å²) in [6.45, 7) is 0.703. The van der Waals surface area contributed by atoms with Crippen LogP contribution in [0.5, 0.6) is 0 Å². The number of amidine groups is 1. The van der Waals surface area contributed by atoms with Crippen molar-refractivity contribution in [1.29, 1.82) is 0 Å². The number of anilines is 1. The monoisotopic (exact) mass is 411 g/mol. The molecule has 0 atom stereocenters. The Bertz CT molecular complexity index is 1020. The zero-order valence-corrected chi connectivity index (χ0v) is 17.0. The molecule has 2 N–H and O–H groups in total. The van der Waals surface area contributed by atoms with Crippen LogP contribution in [-0.4, -0.2) is 26.7 Å². The minimum Gasteiger partial charge on any atom is -0.352 e. The molecule has 29 heavy (non-hydrogen) atoms. The summed E-state index contributed by atoms with van der Waals surface area (Å²) >= 11 is 0. The van der Waals surface area contributed by atoms with Gasteiger partial charge in [0.1, 0.15) is 4.90 Å². The average molecular weight is 412 g/mol. The van der Waals surface area contributed by atoms with Crippen molar-refractivity contribution < 1.29 is 13.2 Å². The molecule has 1 saturated carbocycles. The Morgan fingerprint density at radius 2 is 1.72 bits per heavy atom. The highest BCUT2D eigenvalue weighted by atomic mass is 32.2. The molecule has 7 heteroatoms. The van der Waals surface area contributed by atoms with Crippen molar-refractivity contribution in [2.24, 2.45) is 10.3 Å². The van der Waals surface area contributed by atoms with Gasteiger partial charge in [-0.05, 0) is 48.7 Å². The van der Waals surface area contributed by atoms with Crippen LogP contribution in [0.4, 0.5) is 5.69 Å². The van der Waals surface area contributed by atoms with Crippen LogP contribution >= 0.6 is 0 Å². The van der Waals surface area contributed by atoms with Crippen molar-refractivity contribution in [2.75, 3.05) is 11.9 Å². The van der Waals surface area contributed by atoms with Gasteiger partial charge in [-0.15, -0.1) is 4.40 Å². The molecule has 0 saturated heterocycles. The van der Waals surface area contributed by atoms with Gasteiger partial charge in [0.15, 0.2) is 5.84 Å². The molecule has 2 aliphatic rings. The number of rotatable bonds is 5. The number of amides is 1. The summed E-state index contributed by atoms with van der Waals surface area (Å²) in [7, 11) is -3.65. The van der Waals surface area contributed by atoms with Gasteiger partial charge in [-0.1, -0.05) is 44.2 Å². The maximum absolute atomic E-state index is 12.4. The van der Waals surface area contributed by atoms with Gasteiger partial charge in [-0.3, -0.25) is 4.79 Å². The van der Waals surface area contributed by atoms with Gasteiger partial charge < -0.3 is 10.6 Å². The molecule has 1 aliphatic heterocycles. The molecule has 0 radical (unpaired) electrons. The summed E-state index contributed by atoms with van der Waals surface area (Å²) < 4.78 is 28.1. The quantitative estimate of drug-likeness (QED) is 0.780. The predicted octanol–water partition coefficient (Wildman–Crippen LogP) is 3.95. The van der Waals surface area contributed by atoms with E-state index in [1.54, 1.807) is 48.5 Å². The van der Waals surface area contributed by atoms with Crippen LogP contribution in [0.25, 0.3) is 0 Å². The van der Waals surface area contributed by atoms with Crippen molar-refractivity contribution in [3.63, 3.8) is 0 Å². The van der Waals surface area contributed by atoms with E-state index in [2.05, 4.69) is 15.0 Å². The molecule has 6 nitrogen and oxygen atoms in total. The second kappa shape index (κ2) is 8.37. The number of hydrogen-bond donors (Lipinski definition) is 2. The second-order valence-corrected chi connectivity index (χ2v) is 9.23. The van der Waals surface area contributed by atoms with E-state index in [1.165, 1.54) is 32.1 Å². The molecule has 1 heterocycles. The van der Waals surface area contributed by atoms with Gasteiger partial charge in [-0.25, -0.2) is 0 Å². The zero-order chi connectivity index (χ0) is 20.3. The van der Waals surface area contributed by atoms with E-state index in [1.807, 2.05) is 0 Å². The Morgan fingerprint density at radius 3 is 2.48 bits per heavy atom. The van der Waals surface area contributed by atoms with E-state index in [0.29, 0.717) is 29.2 Å². The minimum absolute atomic E-state index is 0.0847. The second-order valence-electron chi connectivity index (χ2n) is 7.66. The highest BCUT2D eigenvalue weighted by Crippen LogP contribution is 2.27. The Balaban J connectivity index is 1.35. The van der Waals surface area contributed by atoms with E-state index in [9.17, 15) is 13.2 Å². The number of nitrogens with one attached hydrogen (secondary N) is 2. The maximum Gasteiger partial charge on any atom is 0.285 e. The fourth-order valence-corrected chi connectivity index (χ4v) is 5.18. The van der Waals surface area contributed by atoms with Crippen molar-refractivity contribution in [3.8, 4) is 0 Å². The lowest BCUT2D eigenvalue weighted by Gasteiger charge is -2.21. The first-order chi connectivity index (χ1) is 14.0. The van der Waals surface area contributed by atoms with Crippen LogP contribution in [0.1, 0.15) is 54.4 Å². The van der Waals surface area contributed by atoms with Crippen molar-refractivity contribution in [1.82, 2.24) is 5.32 Å². The molecule has 0 unspecified atom stereocenters. The van der Waals surface area contributed by atoms with Gasteiger partial charge in [0.25, 0.3) is 15.9 Å². The summed E-state index contributed by atoms with van der Waals surface area (Å²) in [5, 5.41) is 6.04. The van der Waals surface area contributed by atoms with Gasteiger partial charge in [0, 0.05) is 23.4 Å². The normalized spacial score (nSPS) is 18.0.